The molecule has 1 radical (unpaired) electrons. The van der Waals surface area contributed by atoms with E-state index in [2.05, 4.69) is 194 Å². The van der Waals surface area contributed by atoms with Gasteiger partial charge in [0.1, 0.15) is 16.7 Å². The molecule has 68 heavy (non-hydrogen) atoms. The molecule has 4 nitrogen and oxygen atoms in total. The zero-order chi connectivity index (χ0) is 46.4. The number of hydrogen-bond donors (Lipinski definition) is 0. The molecular formula is C62H54IrN2O2Si-2. The third kappa shape index (κ3) is 8.92. The van der Waals surface area contributed by atoms with Crippen molar-refractivity contribution in [3.63, 3.8) is 0 Å². The van der Waals surface area contributed by atoms with Crippen LogP contribution in [0.4, 0.5) is 0 Å². The van der Waals surface area contributed by atoms with Gasteiger partial charge in [-0.1, -0.05) is 190 Å². The maximum atomic E-state index is 6.42. The Morgan fingerprint density at radius 2 is 1.15 bits per heavy atom. The number of para-hydroxylation sites is 2. The van der Waals surface area contributed by atoms with Gasteiger partial charge in [0, 0.05) is 59.8 Å². The summed E-state index contributed by atoms with van der Waals surface area (Å²) in [4.78, 5) is 9.69. The Morgan fingerprint density at radius 3 is 1.85 bits per heavy atom. The van der Waals surface area contributed by atoms with Crippen molar-refractivity contribution < 1.29 is 28.9 Å². The van der Waals surface area contributed by atoms with Crippen molar-refractivity contribution in [2.45, 2.75) is 60.2 Å². The number of fused-ring (bicyclic) bond motifs is 6. The Bertz CT molecular complexity index is 3590. The van der Waals surface area contributed by atoms with Crippen LogP contribution in [0.5, 0.6) is 0 Å². The molecule has 339 valence electrons. The van der Waals surface area contributed by atoms with Crippen LogP contribution in [0, 0.1) is 31.9 Å². The van der Waals surface area contributed by atoms with Gasteiger partial charge >= 0.3 is 0 Å². The maximum Gasteiger partial charge on any atom is 0.143 e. The maximum absolute atomic E-state index is 6.42. The van der Waals surface area contributed by atoms with Crippen molar-refractivity contribution in [1.82, 2.24) is 9.97 Å². The fraction of sp³-hybridized carbons (Fsp3) is 0.161. The van der Waals surface area contributed by atoms with E-state index in [0.29, 0.717) is 11.8 Å². The second kappa shape index (κ2) is 19.1. The summed E-state index contributed by atoms with van der Waals surface area (Å²) in [5.41, 5.74) is 18.1. The topological polar surface area (TPSA) is 52.1 Å². The molecule has 11 aromatic rings. The smallest absolute Gasteiger partial charge is 0.143 e. The van der Waals surface area contributed by atoms with Crippen molar-refractivity contribution in [2.75, 3.05) is 0 Å². The average Bonchev–Trinajstić information content (AvgIpc) is 3.92. The van der Waals surface area contributed by atoms with Crippen LogP contribution < -0.4 is 5.19 Å². The van der Waals surface area contributed by atoms with E-state index in [1.807, 2.05) is 42.6 Å². The first-order valence-electron chi connectivity index (χ1n) is 23.3. The van der Waals surface area contributed by atoms with Crippen LogP contribution in [0.2, 0.25) is 19.6 Å². The summed E-state index contributed by atoms with van der Waals surface area (Å²) in [6.07, 6.45) is 4.09. The van der Waals surface area contributed by atoms with Crippen molar-refractivity contribution in [1.29, 1.82) is 0 Å². The van der Waals surface area contributed by atoms with Crippen LogP contribution in [0.1, 0.15) is 43.4 Å². The number of rotatable bonds is 8. The first-order chi connectivity index (χ1) is 32.4. The van der Waals surface area contributed by atoms with Gasteiger partial charge in [-0.15, -0.1) is 47.5 Å². The molecule has 1 atom stereocenters. The summed E-state index contributed by atoms with van der Waals surface area (Å²) in [5, 5.41) is 5.84. The van der Waals surface area contributed by atoms with E-state index >= 15 is 0 Å². The van der Waals surface area contributed by atoms with E-state index in [1.54, 1.807) is 0 Å². The molecule has 4 heterocycles. The van der Waals surface area contributed by atoms with Gasteiger partial charge < -0.3 is 18.8 Å². The monoisotopic (exact) mass is 1080 g/mol. The van der Waals surface area contributed by atoms with Gasteiger partial charge in [0.25, 0.3) is 0 Å². The first kappa shape index (κ1) is 46.4. The molecule has 0 amide bonds. The zero-order valence-electron chi connectivity index (χ0n) is 39.9. The Hall–Kier alpha value is -6.69. The quantitative estimate of drug-likeness (QED) is 0.112. The van der Waals surface area contributed by atoms with Gasteiger partial charge in [-0.25, -0.2) is 0 Å². The summed E-state index contributed by atoms with van der Waals surface area (Å²) < 4.78 is 12.7. The summed E-state index contributed by atoms with van der Waals surface area (Å²) in [5.74, 6) is 1.13. The SMILES string of the molecule is Cc1cc(-c2[c-]ccc3c2oc2ccc(-c4cccc5c4oc4ccccc45)cc23)ncc1-c1ccccc1.Cc1cc(-c2cc(C(C)C(C)C)c([Si](C)(C)C)cn2)[c-]cc1-c1ccccc1.[Ir]. The molecule has 0 saturated carbocycles. The molecular weight excluding hydrogens is 1020 g/mol. The molecule has 0 bridgehead atoms. The molecule has 0 aliphatic rings. The Labute approximate surface area is 414 Å². The molecule has 0 N–H and O–H groups in total. The number of benzene rings is 7. The van der Waals surface area contributed by atoms with E-state index in [-0.39, 0.29) is 20.1 Å². The minimum atomic E-state index is -1.45. The van der Waals surface area contributed by atoms with Crippen LogP contribution >= 0.6 is 0 Å². The van der Waals surface area contributed by atoms with E-state index in [9.17, 15) is 0 Å². The largest absolute Gasteiger partial charge is 0.501 e. The van der Waals surface area contributed by atoms with E-state index in [1.165, 1.54) is 27.4 Å². The summed E-state index contributed by atoms with van der Waals surface area (Å²) in [7, 11) is -1.45. The normalized spacial score (nSPS) is 12.1. The standard InChI is InChI=1S/C36H22NO2.C26H32NSi.Ir/c1-22-19-32(37-21-31(22)23-9-3-2-4-10-23)29-15-8-14-28-30-20-24(17-18-34(30)39-36(28)29)25-12-7-13-27-26-11-5-6-16-33(26)38-35(25)27;1-18(2)20(4)24-16-25(27-17-26(24)28(5,6)7)22-13-14-23(19(3)15-22)21-11-9-8-10-12-21;/h2-14,16-21H,1H3;8-12,14-18,20H,1-7H3;/q2*-1;. The van der Waals surface area contributed by atoms with Crippen molar-refractivity contribution >= 4 is 57.1 Å². The van der Waals surface area contributed by atoms with Crippen LogP contribution in [0.15, 0.2) is 179 Å². The minimum Gasteiger partial charge on any atom is -0.501 e. The predicted octanol–water partition coefficient (Wildman–Crippen LogP) is 16.8. The van der Waals surface area contributed by atoms with Gasteiger partial charge in [0.05, 0.1) is 13.7 Å². The fourth-order valence-electron chi connectivity index (χ4n) is 9.34. The van der Waals surface area contributed by atoms with Crippen LogP contribution in [-0.4, -0.2) is 18.0 Å². The number of furan rings is 2. The van der Waals surface area contributed by atoms with E-state index in [0.717, 1.165) is 94.2 Å². The van der Waals surface area contributed by atoms with Crippen LogP contribution in [0.3, 0.4) is 0 Å². The molecule has 7 aromatic carbocycles. The molecule has 0 fully saturated rings. The van der Waals surface area contributed by atoms with Crippen molar-refractivity contribution in [3.8, 4) is 55.9 Å². The average molecular weight is 1080 g/mol. The molecule has 6 heteroatoms. The molecule has 1 unspecified atom stereocenters. The number of pyridine rings is 2. The van der Waals surface area contributed by atoms with Gasteiger partial charge in [0.2, 0.25) is 0 Å². The molecule has 0 spiro atoms. The van der Waals surface area contributed by atoms with Crippen molar-refractivity contribution in [3.05, 3.63) is 199 Å². The number of aromatic nitrogens is 2. The molecule has 0 aliphatic heterocycles. The molecule has 11 rings (SSSR count). The van der Waals surface area contributed by atoms with E-state index in [4.69, 9.17) is 18.8 Å². The summed E-state index contributed by atoms with van der Waals surface area (Å²) in [6.45, 7) is 18.5. The summed E-state index contributed by atoms with van der Waals surface area (Å²) >= 11 is 0. The predicted molar refractivity (Wildman–Crippen MR) is 284 cm³/mol. The minimum absolute atomic E-state index is 0. The number of hydrogen-bond acceptors (Lipinski definition) is 4. The summed E-state index contributed by atoms with van der Waals surface area (Å²) in [6, 6.07) is 61.4. The first-order valence-corrected chi connectivity index (χ1v) is 26.8. The second-order valence-corrected chi connectivity index (χ2v) is 24.2. The molecule has 4 aromatic heterocycles. The van der Waals surface area contributed by atoms with Crippen LogP contribution in [-0.2, 0) is 20.1 Å². The second-order valence-electron chi connectivity index (χ2n) is 19.2. The number of nitrogens with zero attached hydrogens (tertiary/aromatic N) is 2. The number of aryl methyl sites for hydroxylation is 2. The van der Waals surface area contributed by atoms with Gasteiger partial charge in [-0.05, 0) is 70.2 Å². The molecule has 0 saturated heterocycles. The Kier molecular flexibility index (Phi) is 13.1. The molecule has 0 aliphatic carbocycles. The van der Waals surface area contributed by atoms with Gasteiger partial charge in [-0.3, -0.25) is 0 Å². The Morgan fingerprint density at radius 1 is 0.515 bits per heavy atom. The van der Waals surface area contributed by atoms with Gasteiger partial charge in [0.15, 0.2) is 0 Å². The van der Waals surface area contributed by atoms with Crippen molar-refractivity contribution in [2.24, 2.45) is 5.92 Å². The van der Waals surface area contributed by atoms with Gasteiger partial charge in [-0.2, -0.15) is 0 Å². The third-order valence-electron chi connectivity index (χ3n) is 13.4. The third-order valence-corrected chi connectivity index (χ3v) is 15.4. The fourth-order valence-corrected chi connectivity index (χ4v) is 11.0. The van der Waals surface area contributed by atoms with Crippen LogP contribution in [0.25, 0.3) is 99.8 Å². The Balaban J connectivity index is 0.000000178. The van der Waals surface area contributed by atoms with E-state index < -0.39 is 8.07 Å². The zero-order valence-corrected chi connectivity index (χ0v) is 43.3.